The Balaban J connectivity index is 2.42. The lowest BCUT2D eigenvalue weighted by Crippen LogP contribution is -2.48. The molecule has 3 heteroatoms. The van der Waals surface area contributed by atoms with Crippen LogP contribution in [-0.4, -0.2) is 22.6 Å². The summed E-state index contributed by atoms with van der Waals surface area (Å²) in [6.45, 7) is 19.8. The van der Waals surface area contributed by atoms with Crippen LogP contribution in [0, 0.1) is 5.92 Å². The number of fused-ring (bicyclic) bond motifs is 1. The van der Waals surface area contributed by atoms with Crippen molar-refractivity contribution in [1.29, 1.82) is 0 Å². The quantitative estimate of drug-likeness (QED) is 0.624. The number of carbonyl (C=O) groups excluding carboxylic acids is 1. The van der Waals surface area contributed by atoms with E-state index < -0.39 is 5.60 Å². The minimum Gasteiger partial charge on any atom is -0.444 e. The average Bonchev–Trinajstić information content (AvgIpc) is 2.46. The van der Waals surface area contributed by atoms with Gasteiger partial charge < -0.3 is 9.64 Å². The predicted octanol–water partition coefficient (Wildman–Crippen LogP) is 6.25. The molecule has 1 amide bonds. The van der Waals surface area contributed by atoms with Gasteiger partial charge in [0.25, 0.3) is 0 Å². The minimum atomic E-state index is -0.476. The number of amides is 1. The van der Waals surface area contributed by atoms with Gasteiger partial charge in [0.2, 0.25) is 0 Å². The Hall–Kier alpha value is -1.51. The first-order valence-corrected chi connectivity index (χ1v) is 9.92. The molecule has 3 nitrogen and oxygen atoms in total. The van der Waals surface area contributed by atoms with E-state index in [0.29, 0.717) is 18.4 Å². The molecule has 0 fully saturated rings. The number of hydrogen-bond acceptors (Lipinski definition) is 2. The zero-order valence-corrected chi connectivity index (χ0v) is 18.1. The van der Waals surface area contributed by atoms with Crippen molar-refractivity contribution in [2.45, 2.75) is 98.3 Å². The summed E-state index contributed by atoms with van der Waals surface area (Å²) in [4.78, 5) is 14.9. The van der Waals surface area contributed by atoms with E-state index >= 15 is 0 Å². The van der Waals surface area contributed by atoms with E-state index in [1.807, 2.05) is 25.7 Å². The van der Waals surface area contributed by atoms with Crippen LogP contribution in [0.15, 0.2) is 18.2 Å². The fourth-order valence-electron chi connectivity index (χ4n) is 3.77. The van der Waals surface area contributed by atoms with E-state index in [2.05, 4.69) is 59.7 Å². The first kappa shape index (κ1) is 20.8. The molecule has 1 heterocycles. The first-order chi connectivity index (χ1) is 11.8. The Morgan fingerprint density at radius 1 is 1.19 bits per heavy atom. The van der Waals surface area contributed by atoms with Crippen molar-refractivity contribution in [3.8, 4) is 0 Å². The highest BCUT2D eigenvalue weighted by Gasteiger charge is 2.37. The predicted molar refractivity (Wildman–Crippen MR) is 109 cm³/mol. The van der Waals surface area contributed by atoms with Gasteiger partial charge in [0, 0.05) is 18.5 Å². The molecular formula is C23H37NO2. The number of nitrogens with zero attached hydrogens (tertiary/aromatic N) is 1. The normalized spacial score (nSPS) is 20.9. The smallest absolute Gasteiger partial charge is 0.410 e. The molecule has 2 atom stereocenters. The van der Waals surface area contributed by atoms with Crippen molar-refractivity contribution < 1.29 is 9.53 Å². The second-order valence-corrected chi connectivity index (χ2v) is 10.3. The molecule has 0 unspecified atom stereocenters. The van der Waals surface area contributed by atoms with Crippen molar-refractivity contribution >= 4 is 6.09 Å². The van der Waals surface area contributed by atoms with Crippen molar-refractivity contribution in [3.05, 3.63) is 34.9 Å². The average molecular weight is 360 g/mol. The number of carbonyl (C=O) groups is 1. The van der Waals surface area contributed by atoms with Crippen LogP contribution in [0.1, 0.15) is 91.3 Å². The number of ether oxygens (including phenoxy) is 1. The molecule has 0 bridgehead atoms. The maximum absolute atomic E-state index is 12.9. The third kappa shape index (κ3) is 4.81. The molecule has 0 saturated heterocycles. The van der Waals surface area contributed by atoms with E-state index in [4.69, 9.17) is 4.74 Å². The Morgan fingerprint density at radius 2 is 1.81 bits per heavy atom. The molecule has 1 aromatic rings. The van der Waals surface area contributed by atoms with Crippen LogP contribution in [0.25, 0.3) is 0 Å². The highest BCUT2D eigenvalue weighted by atomic mass is 16.6. The Kier molecular flexibility index (Phi) is 5.80. The van der Waals surface area contributed by atoms with E-state index in [1.54, 1.807) is 0 Å². The number of benzene rings is 1. The van der Waals surface area contributed by atoms with Gasteiger partial charge in [-0.05, 0) is 55.2 Å². The van der Waals surface area contributed by atoms with Gasteiger partial charge in [-0.15, -0.1) is 0 Å². The lowest BCUT2D eigenvalue weighted by Gasteiger charge is -2.42. The highest BCUT2D eigenvalue weighted by Crippen LogP contribution is 2.38. The van der Waals surface area contributed by atoms with Gasteiger partial charge in [-0.1, -0.05) is 59.7 Å². The zero-order chi connectivity index (χ0) is 19.9. The van der Waals surface area contributed by atoms with Crippen LogP contribution < -0.4 is 0 Å². The molecule has 0 aliphatic carbocycles. The van der Waals surface area contributed by atoms with Gasteiger partial charge in [-0.25, -0.2) is 4.79 Å². The molecule has 1 aliphatic rings. The molecule has 2 rings (SSSR count). The van der Waals surface area contributed by atoms with Gasteiger partial charge in [0.15, 0.2) is 0 Å². The van der Waals surface area contributed by atoms with E-state index in [9.17, 15) is 4.79 Å². The second-order valence-electron chi connectivity index (χ2n) is 10.3. The van der Waals surface area contributed by atoms with E-state index in [1.165, 1.54) is 16.7 Å². The summed E-state index contributed by atoms with van der Waals surface area (Å²) in [7, 11) is 0. The topological polar surface area (TPSA) is 29.5 Å². The van der Waals surface area contributed by atoms with Gasteiger partial charge in [0.05, 0.1) is 0 Å². The molecule has 0 radical (unpaired) electrons. The van der Waals surface area contributed by atoms with E-state index in [0.717, 1.165) is 6.42 Å². The highest BCUT2D eigenvalue weighted by molar-refractivity contribution is 5.69. The molecule has 0 N–H and O–H groups in total. The maximum atomic E-state index is 12.9. The van der Waals surface area contributed by atoms with Crippen molar-refractivity contribution in [1.82, 2.24) is 4.90 Å². The Morgan fingerprint density at radius 3 is 2.31 bits per heavy atom. The monoisotopic (exact) mass is 359 g/mol. The van der Waals surface area contributed by atoms with Crippen molar-refractivity contribution in [2.75, 3.05) is 0 Å². The molecule has 0 spiro atoms. The first-order valence-electron chi connectivity index (χ1n) is 9.92. The summed E-state index contributed by atoms with van der Waals surface area (Å²) in [5.41, 5.74) is 3.58. The molecule has 0 saturated carbocycles. The summed E-state index contributed by atoms with van der Waals surface area (Å²) in [6, 6.07) is 7.00. The number of rotatable bonds is 2. The van der Waals surface area contributed by atoms with E-state index in [-0.39, 0.29) is 17.6 Å². The third-order valence-corrected chi connectivity index (χ3v) is 5.16. The Labute approximate surface area is 160 Å². The fourth-order valence-corrected chi connectivity index (χ4v) is 3.77. The summed E-state index contributed by atoms with van der Waals surface area (Å²) in [5.74, 6) is 0.838. The van der Waals surface area contributed by atoms with Gasteiger partial charge in [0.1, 0.15) is 5.60 Å². The molecule has 1 aliphatic heterocycles. The van der Waals surface area contributed by atoms with Gasteiger partial charge >= 0.3 is 6.09 Å². The summed E-state index contributed by atoms with van der Waals surface area (Å²) in [5, 5.41) is 0. The minimum absolute atomic E-state index is 0.101. The standard InChI is InChI=1S/C23H37NO2/c1-15(2)12-20-16(3)19-11-10-18(22(4,5)6)13-17(19)14-24(20)21(25)26-23(7,8)9/h10-11,13,15-16,20H,12,14H2,1-9H3/t16-,20+/m0/s1. The lowest BCUT2D eigenvalue weighted by atomic mass is 9.78. The lowest BCUT2D eigenvalue weighted by molar-refractivity contribution is 0.00638. The molecular weight excluding hydrogens is 322 g/mol. The second kappa shape index (κ2) is 7.25. The molecule has 26 heavy (non-hydrogen) atoms. The van der Waals surface area contributed by atoms with Crippen LogP contribution in [0.4, 0.5) is 4.79 Å². The van der Waals surface area contributed by atoms with Crippen molar-refractivity contribution in [3.63, 3.8) is 0 Å². The van der Waals surface area contributed by atoms with Crippen LogP contribution >= 0.6 is 0 Å². The molecule has 146 valence electrons. The summed E-state index contributed by atoms with van der Waals surface area (Å²) < 4.78 is 5.74. The SMILES string of the molecule is CC(C)C[C@@H]1[C@@H](C)c2ccc(C(C)(C)C)cc2CN1C(=O)OC(C)(C)C. The van der Waals surface area contributed by atoms with Crippen molar-refractivity contribution in [2.24, 2.45) is 5.92 Å². The van der Waals surface area contributed by atoms with Gasteiger partial charge in [-0.2, -0.15) is 0 Å². The third-order valence-electron chi connectivity index (χ3n) is 5.16. The van der Waals surface area contributed by atoms with Crippen LogP contribution in [0.2, 0.25) is 0 Å². The molecule has 1 aromatic carbocycles. The summed E-state index contributed by atoms with van der Waals surface area (Å²) >= 11 is 0. The number of hydrogen-bond donors (Lipinski definition) is 0. The fraction of sp³-hybridized carbons (Fsp3) is 0.696. The molecule has 0 aromatic heterocycles. The van der Waals surface area contributed by atoms with Gasteiger partial charge in [-0.3, -0.25) is 0 Å². The van der Waals surface area contributed by atoms with Crippen LogP contribution in [-0.2, 0) is 16.7 Å². The maximum Gasteiger partial charge on any atom is 0.410 e. The largest absolute Gasteiger partial charge is 0.444 e. The summed E-state index contributed by atoms with van der Waals surface area (Å²) in [6.07, 6.45) is 0.794. The van der Waals surface area contributed by atoms with Crippen LogP contribution in [0.5, 0.6) is 0 Å². The van der Waals surface area contributed by atoms with Crippen LogP contribution in [0.3, 0.4) is 0 Å². The zero-order valence-electron chi connectivity index (χ0n) is 18.1. The Bertz CT molecular complexity index is 649.